The van der Waals surface area contributed by atoms with E-state index in [1.165, 1.54) is 12.1 Å². The molecule has 2 aromatic rings. The van der Waals surface area contributed by atoms with E-state index >= 15 is 0 Å². The molecular formula is C11H10FN3O3S2. The quantitative estimate of drug-likeness (QED) is 0.346. The number of nitrogens with two attached hydrogens (primary N) is 1. The maximum atomic E-state index is 13.2. The molecule has 0 aliphatic carbocycles. The fourth-order valence-electron chi connectivity index (χ4n) is 1.48. The highest BCUT2D eigenvalue weighted by atomic mass is 32.2. The van der Waals surface area contributed by atoms with Gasteiger partial charge in [0.1, 0.15) is 10.0 Å². The van der Waals surface area contributed by atoms with Gasteiger partial charge in [-0.1, -0.05) is 11.2 Å². The van der Waals surface area contributed by atoms with Gasteiger partial charge in [-0.05, 0) is 29.6 Å². The molecule has 0 radical (unpaired) electrons. The first-order valence-corrected chi connectivity index (χ1v) is 7.64. The van der Waals surface area contributed by atoms with Gasteiger partial charge < -0.3 is 10.9 Å². The molecular weight excluding hydrogens is 305 g/mol. The van der Waals surface area contributed by atoms with Crippen LogP contribution in [0.2, 0.25) is 0 Å². The zero-order chi connectivity index (χ0) is 14.8. The lowest BCUT2D eigenvalue weighted by Crippen LogP contribution is -2.19. The Hall–Kier alpha value is -2.13. The van der Waals surface area contributed by atoms with Crippen molar-refractivity contribution in [2.24, 2.45) is 10.9 Å². The van der Waals surface area contributed by atoms with Crippen LogP contribution in [-0.4, -0.2) is 19.5 Å². The van der Waals surface area contributed by atoms with Crippen LogP contribution in [0.5, 0.6) is 0 Å². The average Bonchev–Trinajstić information content (AvgIpc) is 2.94. The van der Waals surface area contributed by atoms with Crippen LogP contribution in [0, 0.1) is 5.82 Å². The molecule has 20 heavy (non-hydrogen) atoms. The third kappa shape index (κ3) is 2.89. The van der Waals surface area contributed by atoms with Gasteiger partial charge in [-0.25, -0.2) is 12.8 Å². The normalized spacial score (nSPS) is 12.3. The van der Waals surface area contributed by atoms with Crippen molar-refractivity contribution in [1.82, 2.24) is 0 Å². The minimum absolute atomic E-state index is 0.0232. The topological polar surface area (TPSA) is 105 Å². The maximum absolute atomic E-state index is 13.2. The number of rotatable bonds is 4. The third-order valence-corrected chi connectivity index (χ3v) is 5.13. The first-order chi connectivity index (χ1) is 9.44. The Balaban J connectivity index is 2.45. The number of hydrogen-bond acceptors (Lipinski definition) is 5. The van der Waals surface area contributed by atoms with E-state index in [1.807, 2.05) is 0 Å². The summed E-state index contributed by atoms with van der Waals surface area (Å²) in [6, 6.07) is 6.27. The molecule has 0 bridgehead atoms. The van der Waals surface area contributed by atoms with Gasteiger partial charge in [-0.3, -0.25) is 4.72 Å². The molecule has 0 amide bonds. The zero-order valence-electron chi connectivity index (χ0n) is 9.95. The van der Waals surface area contributed by atoms with Gasteiger partial charge in [0.25, 0.3) is 10.0 Å². The third-order valence-electron chi connectivity index (χ3n) is 2.37. The van der Waals surface area contributed by atoms with Crippen molar-refractivity contribution in [2.45, 2.75) is 4.21 Å². The van der Waals surface area contributed by atoms with Crippen LogP contribution in [-0.2, 0) is 10.0 Å². The second-order valence-electron chi connectivity index (χ2n) is 3.71. The predicted octanol–water partition coefficient (Wildman–Crippen LogP) is 1.78. The molecule has 0 unspecified atom stereocenters. The summed E-state index contributed by atoms with van der Waals surface area (Å²) in [7, 11) is -3.79. The lowest BCUT2D eigenvalue weighted by molar-refractivity contribution is 0.318. The summed E-state index contributed by atoms with van der Waals surface area (Å²) in [4.78, 5) is 0. The molecule has 4 N–H and O–H groups in total. The summed E-state index contributed by atoms with van der Waals surface area (Å²) in [6.07, 6.45) is 0. The highest BCUT2D eigenvalue weighted by Gasteiger charge is 2.18. The standard InChI is InChI=1S/C11H10FN3O3S2/c12-7-3-4-9(8(6-7)11(13)14-16)15-20(17,18)10-2-1-5-19-10/h1-6,15-16H,(H2,13,14). The van der Waals surface area contributed by atoms with Gasteiger partial charge in [-0.2, -0.15) is 0 Å². The fraction of sp³-hybridized carbons (Fsp3) is 0. The largest absolute Gasteiger partial charge is 0.409 e. The Morgan fingerprint density at radius 2 is 2.15 bits per heavy atom. The van der Waals surface area contributed by atoms with Gasteiger partial charge in [0, 0.05) is 5.56 Å². The Morgan fingerprint density at radius 3 is 2.75 bits per heavy atom. The van der Waals surface area contributed by atoms with E-state index in [-0.39, 0.29) is 15.5 Å². The molecule has 0 atom stereocenters. The summed E-state index contributed by atoms with van der Waals surface area (Å²) < 4.78 is 39.7. The van der Waals surface area contributed by atoms with E-state index in [4.69, 9.17) is 10.9 Å². The van der Waals surface area contributed by atoms with Crippen molar-refractivity contribution < 1.29 is 18.0 Å². The first-order valence-electron chi connectivity index (χ1n) is 5.28. The van der Waals surface area contributed by atoms with E-state index < -0.39 is 21.7 Å². The zero-order valence-corrected chi connectivity index (χ0v) is 11.6. The molecule has 9 heteroatoms. The highest BCUT2D eigenvalue weighted by molar-refractivity contribution is 7.94. The van der Waals surface area contributed by atoms with Crippen molar-refractivity contribution in [3.8, 4) is 0 Å². The minimum atomic E-state index is -3.79. The van der Waals surface area contributed by atoms with Crippen LogP contribution >= 0.6 is 11.3 Å². The number of halogens is 1. The van der Waals surface area contributed by atoms with Crippen LogP contribution in [0.25, 0.3) is 0 Å². The molecule has 6 nitrogen and oxygen atoms in total. The highest BCUT2D eigenvalue weighted by Crippen LogP contribution is 2.23. The Morgan fingerprint density at radius 1 is 1.40 bits per heavy atom. The minimum Gasteiger partial charge on any atom is -0.409 e. The predicted molar refractivity (Wildman–Crippen MR) is 74.0 cm³/mol. The van der Waals surface area contributed by atoms with E-state index in [1.54, 1.807) is 11.4 Å². The molecule has 0 fully saturated rings. The van der Waals surface area contributed by atoms with Crippen molar-refractivity contribution in [2.75, 3.05) is 4.72 Å². The fourth-order valence-corrected chi connectivity index (χ4v) is 3.56. The Labute approximate surface area is 118 Å². The van der Waals surface area contributed by atoms with Crippen LogP contribution < -0.4 is 10.5 Å². The summed E-state index contributed by atoms with van der Waals surface area (Å²) >= 11 is 1.04. The summed E-state index contributed by atoms with van der Waals surface area (Å²) in [6.45, 7) is 0. The second kappa shape index (κ2) is 5.47. The summed E-state index contributed by atoms with van der Waals surface area (Å²) in [5.41, 5.74) is 5.38. The number of benzene rings is 1. The lowest BCUT2D eigenvalue weighted by Gasteiger charge is -2.10. The number of anilines is 1. The molecule has 1 aromatic carbocycles. The molecule has 0 saturated carbocycles. The van der Waals surface area contributed by atoms with Crippen LogP contribution in [0.4, 0.5) is 10.1 Å². The molecule has 1 heterocycles. The lowest BCUT2D eigenvalue weighted by atomic mass is 10.1. The molecule has 106 valence electrons. The molecule has 0 aliphatic rings. The van der Waals surface area contributed by atoms with Gasteiger partial charge in [0.15, 0.2) is 5.84 Å². The Bertz CT molecular complexity index is 742. The first kappa shape index (κ1) is 14.3. The average molecular weight is 315 g/mol. The van der Waals surface area contributed by atoms with E-state index in [9.17, 15) is 12.8 Å². The van der Waals surface area contributed by atoms with Crippen LogP contribution in [0.15, 0.2) is 45.1 Å². The van der Waals surface area contributed by atoms with Gasteiger partial charge in [0.2, 0.25) is 0 Å². The number of oxime groups is 1. The number of sulfonamides is 1. The molecule has 0 saturated heterocycles. The van der Waals surface area contributed by atoms with Gasteiger partial charge >= 0.3 is 0 Å². The van der Waals surface area contributed by atoms with Crippen LogP contribution in [0.1, 0.15) is 5.56 Å². The molecule has 0 aliphatic heterocycles. The van der Waals surface area contributed by atoms with Crippen LogP contribution in [0.3, 0.4) is 0 Å². The number of hydrogen-bond donors (Lipinski definition) is 3. The van der Waals surface area contributed by atoms with Crippen molar-refractivity contribution in [3.63, 3.8) is 0 Å². The second-order valence-corrected chi connectivity index (χ2v) is 6.57. The Kier molecular flexibility index (Phi) is 3.91. The monoisotopic (exact) mass is 315 g/mol. The van der Waals surface area contributed by atoms with Crippen molar-refractivity contribution in [3.05, 3.63) is 47.1 Å². The number of nitrogens with zero attached hydrogens (tertiary/aromatic N) is 1. The molecule has 2 rings (SSSR count). The van der Waals surface area contributed by atoms with Crippen molar-refractivity contribution in [1.29, 1.82) is 0 Å². The van der Waals surface area contributed by atoms with E-state index in [2.05, 4.69) is 9.88 Å². The van der Waals surface area contributed by atoms with Crippen molar-refractivity contribution >= 4 is 32.9 Å². The molecule has 0 spiro atoms. The smallest absolute Gasteiger partial charge is 0.271 e. The van der Waals surface area contributed by atoms with Gasteiger partial charge in [0.05, 0.1) is 5.69 Å². The molecule has 1 aromatic heterocycles. The van der Waals surface area contributed by atoms with E-state index in [0.717, 1.165) is 23.5 Å². The number of amidine groups is 1. The SMILES string of the molecule is N/C(=N/O)c1cc(F)ccc1NS(=O)(=O)c1cccs1. The summed E-state index contributed by atoms with van der Waals surface area (Å²) in [5.74, 6) is -1.03. The maximum Gasteiger partial charge on any atom is 0.271 e. The summed E-state index contributed by atoms with van der Waals surface area (Å²) in [5, 5.41) is 13.0. The number of nitrogens with one attached hydrogen (secondary N) is 1. The van der Waals surface area contributed by atoms with E-state index in [0.29, 0.717) is 0 Å². The van der Waals surface area contributed by atoms with Gasteiger partial charge in [-0.15, -0.1) is 11.3 Å². The number of thiophene rings is 1.